The maximum Gasteiger partial charge on any atom is 0.244 e. The van der Waals surface area contributed by atoms with Crippen LogP contribution in [0.3, 0.4) is 0 Å². The minimum atomic E-state index is 0.290. The minimum Gasteiger partial charge on any atom is -0.338 e. The summed E-state index contributed by atoms with van der Waals surface area (Å²) in [4.78, 5) is 6.99. The van der Waals surface area contributed by atoms with Crippen molar-refractivity contribution in [3.8, 4) is 0 Å². The summed E-state index contributed by atoms with van der Waals surface area (Å²) in [7, 11) is 0. The molecule has 4 fully saturated rings. The summed E-state index contributed by atoms with van der Waals surface area (Å²) < 4.78 is 0. The molecule has 102 valence electrons. The molecule has 2 bridgehead atoms. The van der Waals surface area contributed by atoms with Gasteiger partial charge in [0.25, 0.3) is 0 Å². The highest BCUT2D eigenvalue weighted by atomic mass is 15.4. The molecule has 3 N–H and O–H groups in total. The lowest BCUT2D eigenvalue weighted by Crippen LogP contribution is -2.27. The summed E-state index contributed by atoms with van der Waals surface area (Å²) in [5.41, 5.74) is 5.95. The maximum absolute atomic E-state index is 5.95. The Morgan fingerprint density at radius 2 is 1.95 bits per heavy atom. The largest absolute Gasteiger partial charge is 0.338 e. The van der Waals surface area contributed by atoms with E-state index < -0.39 is 0 Å². The van der Waals surface area contributed by atoms with Gasteiger partial charge in [0.15, 0.2) is 0 Å². The van der Waals surface area contributed by atoms with E-state index in [1.807, 2.05) is 0 Å². The first-order chi connectivity index (χ1) is 9.31. The molecule has 0 aromatic carbocycles. The van der Waals surface area contributed by atoms with E-state index in [-0.39, 0.29) is 6.04 Å². The Hall–Kier alpha value is -1.10. The van der Waals surface area contributed by atoms with Gasteiger partial charge in [-0.25, -0.2) is 0 Å². The second-order valence-electron chi connectivity index (χ2n) is 7.03. The number of nitrogens with two attached hydrogens (primary N) is 1. The number of hydrogen-bond donors (Lipinski definition) is 2. The zero-order valence-electron chi connectivity index (χ0n) is 11.1. The summed E-state index contributed by atoms with van der Waals surface area (Å²) in [5.74, 6) is 6.58. The van der Waals surface area contributed by atoms with Crippen LogP contribution in [-0.2, 0) is 0 Å². The number of nitrogens with zero attached hydrogens (tertiary/aromatic N) is 3. The first kappa shape index (κ1) is 10.7. The van der Waals surface area contributed by atoms with Crippen LogP contribution in [0.5, 0.6) is 0 Å². The second kappa shape index (κ2) is 3.51. The third kappa shape index (κ3) is 1.39. The quantitative estimate of drug-likeness (QED) is 0.834. The lowest BCUT2D eigenvalue weighted by atomic mass is 10.0. The molecule has 4 aliphatic rings. The average molecular weight is 259 g/mol. The van der Waals surface area contributed by atoms with E-state index in [9.17, 15) is 0 Å². The molecule has 0 spiro atoms. The van der Waals surface area contributed by atoms with Gasteiger partial charge in [-0.3, -0.25) is 5.10 Å². The molecule has 0 radical (unpaired) electrons. The van der Waals surface area contributed by atoms with Crippen molar-refractivity contribution in [3.05, 3.63) is 5.82 Å². The van der Waals surface area contributed by atoms with Gasteiger partial charge in [0.2, 0.25) is 5.95 Å². The van der Waals surface area contributed by atoms with Crippen molar-refractivity contribution < 1.29 is 0 Å². The van der Waals surface area contributed by atoms with Crippen molar-refractivity contribution in [2.45, 2.75) is 37.6 Å². The fraction of sp³-hybridized carbons (Fsp3) is 0.857. The van der Waals surface area contributed by atoms with Crippen LogP contribution in [-0.4, -0.2) is 34.3 Å². The zero-order valence-corrected chi connectivity index (χ0v) is 11.1. The fourth-order valence-electron chi connectivity index (χ4n) is 5.22. The number of fused-ring (bicyclic) bond motifs is 5. The van der Waals surface area contributed by atoms with Crippen LogP contribution in [0.2, 0.25) is 0 Å². The van der Waals surface area contributed by atoms with Crippen LogP contribution in [0.4, 0.5) is 5.95 Å². The lowest BCUT2D eigenvalue weighted by Gasteiger charge is -2.11. The molecule has 3 aliphatic carbocycles. The molecule has 3 saturated carbocycles. The third-order valence-corrected chi connectivity index (χ3v) is 6.05. The standard InChI is InChI=1S/C14H21N5/c15-9-3-4-19(6-9)14-16-13(17-18-14)12-10-7-1-2-8(5-7)11(10)12/h7-12H,1-6,15H2,(H,16,17,18). The predicted octanol–water partition coefficient (Wildman–Crippen LogP) is 1.10. The smallest absolute Gasteiger partial charge is 0.244 e. The van der Waals surface area contributed by atoms with E-state index in [0.717, 1.165) is 55.0 Å². The molecule has 1 aromatic heterocycles. The van der Waals surface area contributed by atoms with Gasteiger partial charge in [0.1, 0.15) is 5.82 Å². The lowest BCUT2D eigenvalue weighted by molar-refractivity contribution is 0.456. The Labute approximate surface area is 113 Å². The molecule has 1 aromatic rings. The highest BCUT2D eigenvalue weighted by Gasteiger charge is 2.66. The Balaban J connectivity index is 1.36. The van der Waals surface area contributed by atoms with Gasteiger partial charge < -0.3 is 10.6 Å². The van der Waals surface area contributed by atoms with Crippen molar-refractivity contribution in [2.75, 3.05) is 18.0 Å². The van der Waals surface area contributed by atoms with E-state index in [1.54, 1.807) is 0 Å². The zero-order chi connectivity index (χ0) is 12.6. The molecule has 0 amide bonds. The maximum atomic E-state index is 5.95. The summed E-state index contributed by atoms with van der Waals surface area (Å²) in [6, 6.07) is 0.290. The third-order valence-electron chi connectivity index (χ3n) is 6.05. The van der Waals surface area contributed by atoms with Crippen LogP contribution in [0.15, 0.2) is 0 Å². The molecular formula is C14H21N5. The highest BCUT2D eigenvalue weighted by Crippen LogP contribution is 2.72. The summed E-state index contributed by atoms with van der Waals surface area (Å²) in [6.07, 6.45) is 5.48. The highest BCUT2D eigenvalue weighted by molar-refractivity contribution is 5.34. The first-order valence-corrected chi connectivity index (χ1v) is 7.74. The monoisotopic (exact) mass is 259 g/mol. The molecule has 1 saturated heterocycles. The summed E-state index contributed by atoms with van der Waals surface area (Å²) in [5, 5.41) is 7.64. The van der Waals surface area contributed by atoms with Crippen LogP contribution in [0, 0.1) is 23.7 Å². The number of nitrogens with one attached hydrogen (secondary N) is 1. The van der Waals surface area contributed by atoms with Gasteiger partial charge in [0, 0.05) is 25.0 Å². The second-order valence-corrected chi connectivity index (χ2v) is 7.03. The van der Waals surface area contributed by atoms with Crippen molar-refractivity contribution in [1.82, 2.24) is 15.2 Å². The molecule has 5 atom stereocenters. The van der Waals surface area contributed by atoms with Crippen molar-refractivity contribution in [2.24, 2.45) is 29.4 Å². The number of aromatic nitrogens is 3. The van der Waals surface area contributed by atoms with E-state index in [2.05, 4.69) is 15.1 Å². The Morgan fingerprint density at radius 3 is 2.63 bits per heavy atom. The van der Waals surface area contributed by atoms with Crippen LogP contribution < -0.4 is 10.6 Å². The van der Waals surface area contributed by atoms with E-state index >= 15 is 0 Å². The normalized spacial score (nSPS) is 46.9. The Kier molecular flexibility index (Phi) is 1.97. The topological polar surface area (TPSA) is 70.8 Å². The van der Waals surface area contributed by atoms with E-state index in [4.69, 9.17) is 10.7 Å². The molecule has 5 nitrogen and oxygen atoms in total. The van der Waals surface area contributed by atoms with Crippen molar-refractivity contribution in [3.63, 3.8) is 0 Å². The van der Waals surface area contributed by atoms with Gasteiger partial charge in [-0.15, -0.1) is 5.10 Å². The van der Waals surface area contributed by atoms with Crippen LogP contribution in [0.1, 0.15) is 37.4 Å². The summed E-state index contributed by atoms with van der Waals surface area (Å²) in [6.45, 7) is 1.90. The Bertz CT molecular complexity index is 496. The summed E-state index contributed by atoms with van der Waals surface area (Å²) >= 11 is 0. The number of hydrogen-bond acceptors (Lipinski definition) is 4. The first-order valence-electron chi connectivity index (χ1n) is 7.74. The molecule has 5 unspecified atom stereocenters. The minimum absolute atomic E-state index is 0.290. The molecule has 1 aliphatic heterocycles. The Morgan fingerprint density at radius 1 is 1.16 bits per heavy atom. The van der Waals surface area contributed by atoms with Gasteiger partial charge in [-0.2, -0.15) is 4.98 Å². The van der Waals surface area contributed by atoms with Gasteiger partial charge in [0.05, 0.1) is 0 Å². The molecule has 5 heteroatoms. The van der Waals surface area contributed by atoms with E-state index in [0.29, 0.717) is 5.92 Å². The molecule has 2 heterocycles. The van der Waals surface area contributed by atoms with Crippen molar-refractivity contribution >= 4 is 5.95 Å². The molecule has 5 rings (SSSR count). The van der Waals surface area contributed by atoms with Crippen LogP contribution >= 0.6 is 0 Å². The van der Waals surface area contributed by atoms with Crippen molar-refractivity contribution in [1.29, 1.82) is 0 Å². The van der Waals surface area contributed by atoms with Crippen LogP contribution in [0.25, 0.3) is 0 Å². The number of aromatic amines is 1. The number of H-pyrrole nitrogens is 1. The molecular weight excluding hydrogens is 238 g/mol. The van der Waals surface area contributed by atoms with E-state index in [1.165, 1.54) is 19.3 Å². The van der Waals surface area contributed by atoms with Gasteiger partial charge >= 0.3 is 0 Å². The van der Waals surface area contributed by atoms with Gasteiger partial charge in [-0.05, 0) is 49.4 Å². The number of anilines is 1. The average Bonchev–Trinajstić information content (AvgIpc) is 2.95. The molecule has 19 heavy (non-hydrogen) atoms. The SMILES string of the molecule is NC1CCN(c2n[nH]c(C3C4C5CCC(C5)C34)n2)C1. The van der Waals surface area contributed by atoms with Gasteiger partial charge in [-0.1, -0.05) is 0 Å². The predicted molar refractivity (Wildman–Crippen MR) is 71.7 cm³/mol. The number of rotatable bonds is 2. The fourth-order valence-corrected chi connectivity index (χ4v) is 5.22.